The third-order valence-corrected chi connectivity index (χ3v) is 12.1. The van der Waals surface area contributed by atoms with Gasteiger partial charge in [0.15, 0.2) is 23.3 Å². The van der Waals surface area contributed by atoms with Crippen molar-refractivity contribution in [1.29, 1.82) is 0 Å². The molecule has 0 unspecified atom stereocenters. The lowest BCUT2D eigenvalue weighted by Gasteiger charge is -2.12. The molecule has 67 heavy (non-hydrogen) atoms. The van der Waals surface area contributed by atoms with Crippen LogP contribution in [0.3, 0.4) is 0 Å². The van der Waals surface area contributed by atoms with Crippen molar-refractivity contribution in [2.75, 3.05) is 0 Å². The maximum absolute atomic E-state index is 6.32. The lowest BCUT2D eigenvalue weighted by Crippen LogP contribution is -2.00. The molecule has 0 bridgehead atoms. The van der Waals surface area contributed by atoms with Crippen molar-refractivity contribution in [3.8, 4) is 101 Å². The molecule has 0 saturated heterocycles. The molecule has 0 atom stereocenters. The van der Waals surface area contributed by atoms with Crippen molar-refractivity contribution in [1.82, 2.24) is 24.9 Å². The summed E-state index contributed by atoms with van der Waals surface area (Å²) in [7, 11) is 0. The number of benzene rings is 9. The summed E-state index contributed by atoms with van der Waals surface area (Å²) in [6.45, 7) is 0. The van der Waals surface area contributed by atoms with Gasteiger partial charge in [0.05, 0.1) is 11.4 Å². The highest BCUT2D eigenvalue weighted by Gasteiger charge is 2.17. The van der Waals surface area contributed by atoms with Gasteiger partial charge in [-0.1, -0.05) is 188 Å². The number of nitrogens with zero attached hydrogens (tertiary/aromatic N) is 5. The van der Waals surface area contributed by atoms with E-state index in [2.05, 4.69) is 182 Å². The van der Waals surface area contributed by atoms with E-state index in [1.54, 1.807) is 0 Å². The largest absolute Gasteiger partial charge is 0.456 e. The van der Waals surface area contributed by atoms with Gasteiger partial charge in [-0.05, 0) is 81.9 Å². The molecule has 0 aliphatic heterocycles. The fourth-order valence-electron chi connectivity index (χ4n) is 8.74. The predicted octanol–water partition coefficient (Wildman–Crippen LogP) is 15.6. The third-order valence-electron chi connectivity index (χ3n) is 12.1. The molecule has 314 valence electrons. The molecule has 0 saturated carbocycles. The number of fused-ring (bicyclic) bond motifs is 3. The fraction of sp³-hybridized carbons (Fsp3) is 0. The van der Waals surface area contributed by atoms with E-state index < -0.39 is 0 Å². The first-order valence-corrected chi connectivity index (χ1v) is 22.3. The Morgan fingerprint density at radius 1 is 0.209 bits per heavy atom. The van der Waals surface area contributed by atoms with E-state index in [1.165, 1.54) is 0 Å². The van der Waals surface area contributed by atoms with Crippen LogP contribution in [0.15, 0.2) is 241 Å². The smallest absolute Gasteiger partial charge is 0.164 e. The van der Waals surface area contributed by atoms with Crippen LogP contribution in [-0.2, 0) is 0 Å². The van der Waals surface area contributed by atoms with E-state index in [9.17, 15) is 0 Å². The summed E-state index contributed by atoms with van der Waals surface area (Å²) in [6, 6.07) is 81.2. The molecule has 0 radical (unpaired) electrons. The first-order valence-electron chi connectivity index (χ1n) is 22.3. The van der Waals surface area contributed by atoms with E-state index in [0.29, 0.717) is 23.3 Å². The van der Waals surface area contributed by atoms with Crippen molar-refractivity contribution in [3.63, 3.8) is 0 Å². The molecule has 0 spiro atoms. The molecule has 6 nitrogen and oxygen atoms in total. The molecule has 3 aromatic heterocycles. The van der Waals surface area contributed by atoms with Crippen LogP contribution in [0.1, 0.15) is 0 Å². The maximum Gasteiger partial charge on any atom is 0.164 e. The predicted molar refractivity (Wildman–Crippen MR) is 272 cm³/mol. The van der Waals surface area contributed by atoms with Crippen LogP contribution in [-0.4, -0.2) is 24.9 Å². The van der Waals surface area contributed by atoms with Crippen molar-refractivity contribution < 1.29 is 4.42 Å². The zero-order valence-electron chi connectivity index (χ0n) is 36.2. The summed E-state index contributed by atoms with van der Waals surface area (Å²) >= 11 is 0. The Kier molecular flexibility index (Phi) is 10.1. The van der Waals surface area contributed by atoms with Crippen LogP contribution in [0.25, 0.3) is 123 Å². The molecule has 6 heteroatoms. The maximum atomic E-state index is 6.32. The third kappa shape index (κ3) is 7.94. The highest BCUT2D eigenvalue weighted by molar-refractivity contribution is 6.05. The Balaban J connectivity index is 0.950. The highest BCUT2D eigenvalue weighted by atomic mass is 16.3. The van der Waals surface area contributed by atoms with Gasteiger partial charge in [-0.3, -0.25) is 0 Å². The molecule has 0 N–H and O–H groups in total. The average Bonchev–Trinajstić information content (AvgIpc) is 3.80. The first-order chi connectivity index (χ1) is 33.1. The molecule has 0 aliphatic carbocycles. The summed E-state index contributed by atoms with van der Waals surface area (Å²) in [6.07, 6.45) is 0. The summed E-state index contributed by atoms with van der Waals surface area (Å²) in [4.78, 5) is 25.8. The van der Waals surface area contributed by atoms with Crippen LogP contribution in [0.2, 0.25) is 0 Å². The minimum absolute atomic E-state index is 0.558. The van der Waals surface area contributed by atoms with E-state index in [-0.39, 0.29) is 0 Å². The minimum atomic E-state index is 0.558. The van der Waals surface area contributed by atoms with Gasteiger partial charge >= 0.3 is 0 Å². The van der Waals surface area contributed by atoms with Gasteiger partial charge < -0.3 is 4.42 Å². The monoisotopic (exact) mass is 857 g/mol. The summed E-state index contributed by atoms with van der Waals surface area (Å²) in [5.41, 5.74) is 15.4. The molecule has 0 fully saturated rings. The van der Waals surface area contributed by atoms with Gasteiger partial charge in [0.25, 0.3) is 0 Å². The molecule has 12 rings (SSSR count). The molecule has 0 aliphatic rings. The van der Waals surface area contributed by atoms with E-state index in [1.807, 2.05) is 54.6 Å². The number of para-hydroxylation sites is 1. The lowest BCUT2D eigenvalue weighted by atomic mass is 9.98. The number of hydrogen-bond acceptors (Lipinski definition) is 6. The second-order valence-corrected chi connectivity index (χ2v) is 16.5. The number of furan rings is 1. The number of hydrogen-bond donors (Lipinski definition) is 0. The van der Waals surface area contributed by atoms with E-state index >= 15 is 0 Å². The van der Waals surface area contributed by atoms with Gasteiger partial charge in [0.1, 0.15) is 11.2 Å². The number of aromatic nitrogens is 5. The SMILES string of the molecule is c1ccc(-c2cccc(-c3nc(-c4ccccc4)cc(-c4cccc(-c5cccc(-c6nc(-c7cccc(-c8ccccc8)c7)nc(-c7ccc8c(c7)oc7ccccc78)n6)c5)c4)n3)c2)cc1. The molecular formula is C61H39N5O. The lowest BCUT2D eigenvalue weighted by molar-refractivity contribution is 0.669. The van der Waals surface area contributed by atoms with Crippen LogP contribution in [0, 0.1) is 0 Å². The number of rotatable bonds is 9. The fourth-order valence-corrected chi connectivity index (χ4v) is 8.74. The van der Waals surface area contributed by atoms with Crippen LogP contribution in [0.5, 0.6) is 0 Å². The minimum Gasteiger partial charge on any atom is -0.456 e. The molecule has 9 aromatic carbocycles. The van der Waals surface area contributed by atoms with Crippen molar-refractivity contribution in [3.05, 3.63) is 237 Å². The first kappa shape index (κ1) is 39.5. The summed E-state index contributed by atoms with van der Waals surface area (Å²) in [5.74, 6) is 2.37. The summed E-state index contributed by atoms with van der Waals surface area (Å²) < 4.78 is 6.32. The second kappa shape index (κ2) is 17.1. The molecule has 3 heterocycles. The molecule has 12 aromatic rings. The normalized spacial score (nSPS) is 11.3. The van der Waals surface area contributed by atoms with Gasteiger partial charge in [-0.25, -0.2) is 24.9 Å². The Bertz CT molecular complexity index is 3750. The van der Waals surface area contributed by atoms with E-state index in [0.717, 1.165) is 100 Å². The quantitative estimate of drug-likeness (QED) is 0.144. The van der Waals surface area contributed by atoms with Crippen LogP contribution in [0.4, 0.5) is 0 Å². The Labute approximate surface area is 387 Å². The second-order valence-electron chi connectivity index (χ2n) is 16.5. The van der Waals surface area contributed by atoms with Crippen LogP contribution < -0.4 is 0 Å². The average molecular weight is 858 g/mol. The van der Waals surface area contributed by atoms with Gasteiger partial charge in [0.2, 0.25) is 0 Å². The zero-order valence-corrected chi connectivity index (χ0v) is 36.2. The van der Waals surface area contributed by atoms with Crippen molar-refractivity contribution in [2.24, 2.45) is 0 Å². The Morgan fingerprint density at radius 3 is 1.10 bits per heavy atom. The van der Waals surface area contributed by atoms with Crippen molar-refractivity contribution in [2.45, 2.75) is 0 Å². The van der Waals surface area contributed by atoms with Crippen molar-refractivity contribution >= 4 is 21.9 Å². The zero-order chi connectivity index (χ0) is 44.5. The molecular weight excluding hydrogens is 819 g/mol. The highest BCUT2D eigenvalue weighted by Crippen LogP contribution is 2.36. The molecule has 0 amide bonds. The van der Waals surface area contributed by atoms with Gasteiger partial charge in [-0.2, -0.15) is 0 Å². The van der Waals surface area contributed by atoms with Gasteiger partial charge in [0, 0.05) is 44.2 Å². The van der Waals surface area contributed by atoms with Gasteiger partial charge in [-0.15, -0.1) is 0 Å². The van der Waals surface area contributed by atoms with Crippen LogP contribution >= 0.6 is 0 Å². The Hall–Kier alpha value is -9.13. The Morgan fingerprint density at radius 2 is 0.567 bits per heavy atom. The van der Waals surface area contributed by atoms with E-state index in [4.69, 9.17) is 29.3 Å². The standard InChI is InChI=1S/C61H39N5O/c1-4-16-40(17-5-1)43-22-13-27-48(35-43)58-62-54(42-20-8-3-9-21-42)39-55(63-58)47-26-12-24-45(34-47)46-25-15-29-50(37-46)60-64-59(49-28-14-23-44(36-49)41-18-6-2-7-19-41)65-61(66-60)51-32-33-53-52-30-10-11-31-56(52)67-57(53)38-51/h1-39H. The topological polar surface area (TPSA) is 77.6 Å². The summed E-state index contributed by atoms with van der Waals surface area (Å²) in [5, 5.41) is 2.12.